The zero-order valence-corrected chi connectivity index (χ0v) is 13.6. The maximum atomic E-state index is 12.8. The van der Waals surface area contributed by atoms with E-state index in [2.05, 4.69) is 10.0 Å². The SMILES string of the molecule is O=C(NCCS(=O)(=O)NC[C@H]1CCCCO1)c1ccc(F)cc1. The summed E-state index contributed by atoms with van der Waals surface area (Å²) in [5, 5.41) is 2.50. The fourth-order valence-corrected chi connectivity index (χ4v) is 3.22. The highest BCUT2D eigenvalue weighted by atomic mass is 32.2. The number of hydrogen-bond acceptors (Lipinski definition) is 4. The Bertz CT molecular complexity index is 613. The summed E-state index contributed by atoms with van der Waals surface area (Å²) >= 11 is 0. The Balaban J connectivity index is 1.71. The first-order chi connectivity index (χ1) is 11.0. The summed E-state index contributed by atoms with van der Waals surface area (Å²) in [5.41, 5.74) is 0.285. The topological polar surface area (TPSA) is 84.5 Å². The van der Waals surface area contributed by atoms with Crippen LogP contribution in [-0.2, 0) is 14.8 Å². The van der Waals surface area contributed by atoms with Gasteiger partial charge in [-0.3, -0.25) is 4.79 Å². The first-order valence-electron chi connectivity index (χ1n) is 7.59. The smallest absolute Gasteiger partial charge is 0.251 e. The van der Waals surface area contributed by atoms with Crippen molar-refractivity contribution in [1.29, 1.82) is 0 Å². The molecule has 0 saturated carbocycles. The molecule has 2 N–H and O–H groups in total. The maximum Gasteiger partial charge on any atom is 0.251 e. The molecule has 1 aliphatic heterocycles. The van der Waals surface area contributed by atoms with Crippen LogP contribution in [0.15, 0.2) is 24.3 Å². The van der Waals surface area contributed by atoms with Gasteiger partial charge >= 0.3 is 0 Å². The van der Waals surface area contributed by atoms with Gasteiger partial charge in [-0.1, -0.05) is 0 Å². The molecule has 0 aromatic heterocycles. The van der Waals surface area contributed by atoms with E-state index in [9.17, 15) is 17.6 Å². The molecule has 8 heteroatoms. The first kappa shape index (κ1) is 17.8. The standard InChI is InChI=1S/C15H21FN2O4S/c16-13-6-4-12(5-7-13)15(19)17-8-10-23(20,21)18-11-14-3-1-2-9-22-14/h4-7,14,18H,1-3,8-11H2,(H,17,19)/t14-/m1/s1. The Kier molecular flexibility index (Phi) is 6.49. The molecule has 1 fully saturated rings. The van der Waals surface area contributed by atoms with Crippen molar-refractivity contribution in [3.8, 4) is 0 Å². The van der Waals surface area contributed by atoms with E-state index in [0.717, 1.165) is 19.3 Å². The molecular formula is C15H21FN2O4S. The Morgan fingerprint density at radius 2 is 2.00 bits per heavy atom. The third-order valence-corrected chi connectivity index (χ3v) is 4.92. The lowest BCUT2D eigenvalue weighted by Gasteiger charge is -2.22. The average Bonchev–Trinajstić information content (AvgIpc) is 2.54. The molecule has 128 valence electrons. The molecule has 6 nitrogen and oxygen atoms in total. The van der Waals surface area contributed by atoms with Crippen molar-refractivity contribution in [2.45, 2.75) is 25.4 Å². The molecule has 1 aliphatic rings. The summed E-state index contributed by atoms with van der Waals surface area (Å²) < 4.78 is 44.5. The highest BCUT2D eigenvalue weighted by Gasteiger charge is 2.17. The highest BCUT2D eigenvalue weighted by Crippen LogP contribution is 2.11. The van der Waals surface area contributed by atoms with Crippen LogP contribution in [0, 0.1) is 5.82 Å². The normalized spacial score (nSPS) is 18.6. The molecule has 23 heavy (non-hydrogen) atoms. The van der Waals surface area contributed by atoms with Crippen LogP contribution >= 0.6 is 0 Å². The van der Waals surface area contributed by atoms with Crippen LogP contribution in [0.4, 0.5) is 4.39 Å². The van der Waals surface area contributed by atoms with Crippen LogP contribution in [0.2, 0.25) is 0 Å². The summed E-state index contributed by atoms with van der Waals surface area (Å²) in [4.78, 5) is 11.8. The zero-order chi connectivity index (χ0) is 16.7. The summed E-state index contributed by atoms with van der Waals surface area (Å²) in [5.74, 6) is -1.08. The van der Waals surface area contributed by atoms with Crippen molar-refractivity contribution in [2.24, 2.45) is 0 Å². The molecule has 0 aliphatic carbocycles. The zero-order valence-electron chi connectivity index (χ0n) is 12.8. The van der Waals surface area contributed by atoms with Crippen LogP contribution in [-0.4, -0.2) is 45.9 Å². The van der Waals surface area contributed by atoms with E-state index >= 15 is 0 Å². The van der Waals surface area contributed by atoms with Crippen molar-refractivity contribution in [3.63, 3.8) is 0 Å². The van der Waals surface area contributed by atoms with Gasteiger partial charge in [0.15, 0.2) is 0 Å². The Labute approximate surface area is 135 Å². The van der Waals surface area contributed by atoms with Gasteiger partial charge in [-0.2, -0.15) is 0 Å². The van der Waals surface area contributed by atoms with E-state index in [-0.39, 0.29) is 30.5 Å². The molecule has 0 bridgehead atoms. The van der Waals surface area contributed by atoms with Gasteiger partial charge in [0, 0.05) is 25.3 Å². The summed E-state index contributed by atoms with van der Waals surface area (Å²) in [6.07, 6.45) is 2.83. The van der Waals surface area contributed by atoms with Gasteiger partial charge in [0.1, 0.15) is 5.82 Å². The lowest BCUT2D eigenvalue weighted by molar-refractivity contribution is 0.0200. The second kappa shape index (κ2) is 8.37. The van der Waals surface area contributed by atoms with Gasteiger partial charge in [0.25, 0.3) is 5.91 Å². The van der Waals surface area contributed by atoms with Crippen molar-refractivity contribution in [3.05, 3.63) is 35.6 Å². The molecule has 1 saturated heterocycles. The number of rotatable bonds is 7. The van der Waals surface area contributed by atoms with Gasteiger partial charge in [-0.25, -0.2) is 17.5 Å². The van der Waals surface area contributed by atoms with E-state index < -0.39 is 21.7 Å². The molecule has 0 unspecified atom stereocenters. The summed E-state index contributed by atoms with van der Waals surface area (Å²) in [6.45, 7) is 0.908. The van der Waals surface area contributed by atoms with Gasteiger partial charge in [0.05, 0.1) is 11.9 Å². The van der Waals surface area contributed by atoms with Crippen molar-refractivity contribution in [1.82, 2.24) is 10.0 Å². The number of amides is 1. The molecule has 1 aromatic carbocycles. The number of benzene rings is 1. The van der Waals surface area contributed by atoms with Gasteiger partial charge in [-0.15, -0.1) is 0 Å². The number of hydrogen-bond donors (Lipinski definition) is 2. The minimum atomic E-state index is -3.47. The number of ether oxygens (including phenoxy) is 1. The van der Waals surface area contributed by atoms with Crippen molar-refractivity contribution >= 4 is 15.9 Å². The molecule has 1 amide bonds. The van der Waals surface area contributed by atoms with E-state index in [1.165, 1.54) is 24.3 Å². The summed E-state index contributed by atoms with van der Waals surface area (Å²) in [7, 11) is -3.47. The monoisotopic (exact) mass is 344 g/mol. The van der Waals surface area contributed by atoms with Crippen LogP contribution < -0.4 is 10.0 Å². The van der Waals surface area contributed by atoms with E-state index in [1.807, 2.05) is 0 Å². The number of sulfonamides is 1. The second-order valence-electron chi connectivity index (χ2n) is 5.42. The Morgan fingerprint density at radius 1 is 1.26 bits per heavy atom. The number of carbonyl (C=O) groups excluding carboxylic acids is 1. The van der Waals surface area contributed by atoms with E-state index in [1.54, 1.807) is 0 Å². The molecule has 1 aromatic rings. The first-order valence-corrected chi connectivity index (χ1v) is 9.24. The van der Waals surface area contributed by atoms with Crippen LogP contribution in [0.25, 0.3) is 0 Å². The van der Waals surface area contributed by atoms with Crippen LogP contribution in [0.5, 0.6) is 0 Å². The quantitative estimate of drug-likeness (QED) is 0.774. The molecule has 1 atom stereocenters. The van der Waals surface area contributed by atoms with Crippen LogP contribution in [0.1, 0.15) is 29.6 Å². The third kappa shape index (κ3) is 6.25. The molecule has 1 heterocycles. The predicted molar refractivity (Wildman–Crippen MR) is 84.1 cm³/mol. The van der Waals surface area contributed by atoms with Gasteiger partial charge in [-0.05, 0) is 43.5 Å². The highest BCUT2D eigenvalue weighted by molar-refractivity contribution is 7.89. The number of nitrogens with one attached hydrogen (secondary N) is 2. The Hall–Kier alpha value is -1.51. The van der Waals surface area contributed by atoms with Gasteiger partial charge < -0.3 is 10.1 Å². The summed E-state index contributed by atoms with van der Waals surface area (Å²) in [6, 6.07) is 5.05. The maximum absolute atomic E-state index is 12.8. The average molecular weight is 344 g/mol. The third-order valence-electron chi connectivity index (χ3n) is 3.57. The minimum Gasteiger partial charge on any atom is -0.377 e. The van der Waals surface area contributed by atoms with Crippen LogP contribution in [0.3, 0.4) is 0 Å². The predicted octanol–water partition coefficient (Wildman–Crippen LogP) is 1.04. The Morgan fingerprint density at radius 3 is 2.65 bits per heavy atom. The number of carbonyl (C=O) groups is 1. The van der Waals surface area contributed by atoms with E-state index in [0.29, 0.717) is 6.61 Å². The van der Waals surface area contributed by atoms with Crippen molar-refractivity contribution < 1.29 is 22.3 Å². The van der Waals surface area contributed by atoms with Crippen molar-refractivity contribution in [2.75, 3.05) is 25.4 Å². The largest absolute Gasteiger partial charge is 0.377 e. The fraction of sp³-hybridized carbons (Fsp3) is 0.533. The molecule has 0 radical (unpaired) electrons. The fourth-order valence-electron chi connectivity index (χ4n) is 2.26. The minimum absolute atomic E-state index is 0.0168. The molecule has 2 rings (SSSR count). The lowest BCUT2D eigenvalue weighted by Crippen LogP contribution is -2.39. The van der Waals surface area contributed by atoms with E-state index in [4.69, 9.17) is 4.74 Å². The molecular weight excluding hydrogens is 323 g/mol. The molecule has 0 spiro atoms. The lowest BCUT2D eigenvalue weighted by atomic mass is 10.1. The number of halogens is 1. The van der Waals surface area contributed by atoms with Gasteiger partial charge in [0.2, 0.25) is 10.0 Å². The second-order valence-corrected chi connectivity index (χ2v) is 7.35.